The van der Waals surface area contributed by atoms with Crippen LogP contribution >= 0.6 is 0 Å². The Balaban J connectivity index is 3.47. The molecule has 61 valence electrons. The maximum absolute atomic E-state index is 4.09. The van der Waals surface area contributed by atoms with Gasteiger partial charge in [0, 0.05) is 0 Å². The topological polar surface area (TPSA) is 0 Å². The molecule has 0 aromatic carbocycles. The maximum atomic E-state index is 4.09. The van der Waals surface area contributed by atoms with E-state index in [9.17, 15) is 0 Å². The van der Waals surface area contributed by atoms with Crippen molar-refractivity contribution >= 4 is 0 Å². The third-order valence-electron chi connectivity index (χ3n) is 1.68. The van der Waals surface area contributed by atoms with E-state index in [0.29, 0.717) is 0 Å². The molecule has 0 nitrogen and oxygen atoms in total. The molecule has 0 heteroatoms. The van der Waals surface area contributed by atoms with Crippen LogP contribution in [-0.2, 0) is 0 Å². The van der Waals surface area contributed by atoms with E-state index in [-0.39, 0.29) is 5.41 Å². The number of hydrogen-bond acceptors (Lipinski definition) is 0. The Morgan fingerprint density at radius 2 is 1.90 bits per heavy atom. The Labute approximate surface area is 66.0 Å². The summed E-state index contributed by atoms with van der Waals surface area (Å²) in [5, 5.41) is 0. The van der Waals surface area contributed by atoms with E-state index in [4.69, 9.17) is 0 Å². The molecule has 0 heterocycles. The smallest absolute Gasteiger partial charge is 0.0351 e. The molecule has 0 rings (SSSR count). The summed E-state index contributed by atoms with van der Waals surface area (Å²) in [6.45, 7) is 13.1. The van der Waals surface area contributed by atoms with Gasteiger partial charge in [-0.1, -0.05) is 40.5 Å². The highest BCUT2D eigenvalue weighted by Crippen LogP contribution is 2.25. The molecule has 0 amide bonds. The highest BCUT2D eigenvalue weighted by Gasteiger charge is 2.13. The van der Waals surface area contributed by atoms with Gasteiger partial charge in [0.25, 0.3) is 0 Å². The van der Waals surface area contributed by atoms with Crippen molar-refractivity contribution < 1.29 is 0 Å². The summed E-state index contributed by atoms with van der Waals surface area (Å²) in [7, 11) is 0. The fourth-order valence-corrected chi connectivity index (χ4v) is 1.54. The van der Waals surface area contributed by atoms with Gasteiger partial charge in [-0.05, 0) is 24.7 Å². The molecule has 1 unspecified atom stereocenters. The van der Waals surface area contributed by atoms with E-state index in [0.717, 1.165) is 5.92 Å². The Bertz CT molecular complexity index is 76.5. The normalized spacial score (nSPS) is 15.3. The van der Waals surface area contributed by atoms with Crippen molar-refractivity contribution in [2.24, 2.45) is 11.3 Å². The Morgan fingerprint density at radius 1 is 1.40 bits per heavy atom. The second-order valence-electron chi connectivity index (χ2n) is 4.26. The minimum absolute atomic E-state index is 0.272. The van der Waals surface area contributed by atoms with Crippen molar-refractivity contribution in [1.29, 1.82) is 0 Å². The molecular formula is C10H21. The highest BCUT2D eigenvalue weighted by atomic mass is 14.2. The average molecular weight is 141 g/mol. The molecule has 0 bridgehead atoms. The van der Waals surface area contributed by atoms with Crippen LogP contribution in [0.4, 0.5) is 0 Å². The Kier molecular flexibility index (Phi) is 4.00. The quantitative estimate of drug-likeness (QED) is 0.560. The number of rotatable bonds is 4. The van der Waals surface area contributed by atoms with Crippen LogP contribution in [0, 0.1) is 18.3 Å². The molecule has 10 heavy (non-hydrogen) atoms. The molecule has 0 saturated heterocycles. The van der Waals surface area contributed by atoms with Gasteiger partial charge in [-0.3, -0.25) is 0 Å². The zero-order valence-corrected chi connectivity index (χ0v) is 7.91. The SMILES string of the molecule is [CH2]C(C)(C)CC(C)CCC. The van der Waals surface area contributed by atoms with Crippen molar-refractivity contribution in [3.05, 3.63) is 6.92 Å². The predicted molar refractivity (Wildman–Crippen MR) is 47.8 cm³/mol. The van der Waals surface area contributed by atoms with Gasteiger partial charge in [-0.15, -0.1) is 0 Å². The van der Waals surface area contributed by atoms with Crippen molar-refractivity contribution in [3.8, 4) is 0 Å². The summed E-state index contributed by atoms with van der Waals surface area (Å²) in [6, 6.07) is 0. The van der Waals surface area contributed by atoms with E-state index in [1.54, 1.807) is 0 Å². The zero-order chi connectivity index (χ0) is 8.20. The zero-order valence-electron chi connectivity index (χ0n) is 7.91. The predicted octanol–water partition coefficient (Wildman–Crippen LogP) is 3.67. The summed E-state index contributed by atoms with van der Waals surface area (Å²) < 4.78 is 0. The van der Waals surface area contributed by atoms with Crippen LogP contribution in [0.5, 0.6) is 0 Å². The van der Waals surface area contributed by atoms with Crippen LogP contribution < -0.4 is 0 Å². The first-order valence-corrected chi connectivity index (χ1v) is 4.31. The monoisotopic (exact) mass is 141 g/mol. The van der Waals surface area contributed by atoms with Gasteiger partial charge in [-0.2, -0.15) is 0 Å². The van der Waals surface area contributed by atoms with E-state index in [1.165, 1.54) is 19.3 Å². The largest absolute Gasteiger partial charge is 0.0654 e. The fraction of sp³-hybridized carbons (Fsp3) is 0.900. The standard InChI is InChI=1S/C10H21/c1-6-7-9(2)8-10(3,4)5/h9H,3,6-8H2,1-2,4-5H3. The molecule has 0 aliphatic heterocycles. The molecule has 1 radical (unpaired) electrons. The van der Waals surface area contributed by atoms with Gasteiger partial charge < -0.3 is 0 Å². The minimum atomic E-state index is 0.272. The van der Waals surface area contributed by atoms with Crippen molar-refractivity contribution in [3.63, 3.8) is 0 Å². The lowest BCUT2D eigenvalue weighted by Crippen LogP contribution is -2.10. The van der Waals surface area contributed by atoms with Crippen LogP contribution in [0.25, 0.3) is 0 Å². The van der Waals surface area contributed by atoms with E-state index >= 15 is 0 Å². The second-order valence-corrected chi connectivity index (χ2v) is 4.26. The first-order chi connectivity index (χ1) is 4.45. The maximum Gasteiger partial charge on any atom is -0.0351 e. The Hall–Kier alpha value is 0. The summed E-state index contributed by atoms with van der Waals surface area (Å²) in [4.78, 5) is 0. The molecule has 0 aromatic heterocycles. The molecule has 1 atom stereocenters. The molecule has 0 aliphatic rings. The van der Waals surface area contributed by atoms with Crippen molar-refractivity contribution in [2.75, 3.05) is 0 Å². The minimum Gasteiger partial charge on any atom is -0.0654 e. The van der Waals surface area contributed by atoms with Gasteiger partial charge in [0.2, 0.25) is 0 Å². The summed E-state index contributed by atoms with van der Waals surface area (Å²) in [6.07, 6.45) is 3.90. The van der Waals surface area contributed by atoms with Crippen molar-refractivity contribution in [2.45, 2.75) is 47.0 Å². The molecular weight excluding hydrogens is 120 g/mol. The Morgan fingerprint density at radius 3 is 2.20 bits per heavy atom. The molecule has 0 spiro atoms. The van der Waals surface area contributed by atoms with Gasteiger partial charge in [0.05, 0.1) is 0 Å². The van der Waals surface area contributed by atoms with Gasteiger partial charge in [0.15, 0.2) is 0 Å². The third kappa shape index (κ3) is 6.12. The third-order valence-corrected chi connectivity index (χ3v) is 1.68. The van der Waals surface area contributed by atoms with Crippen LogP contribution in [0.15, 0.2) is 0 Å². The highest BCUT2D eigenvalue weighted by molar-refractivity contribution is 4.73. The summed E-state index contributed by atoms with van der Waals surface area (Å²) >= 11 is 0. The van der Waals surface area contributed by atoms with Crippen LogP contribution in [0.3, 0.4) is 0 Å². The number of hydrogen-bond donors (Lipinski definition) is 0. The average Bonchev–Trinajstić information content (AvgIpc) is 1.59. The van der Waals surface area contributed by atoms with Crippen LogP contribution in [-0.4, -0.2) is 0 Å². The lowest BCUT2D eigenvalue weighted by Gasteiger charge is -2.22. The van der Waals surface area contributed by atoms with Crippen LogP contribution in [0.1, 0.15) is 47.0 Å². The van der Waals surface area contributed by atoms with Crippen molar-refractivity contribution in [1.82, 2.24) is 0 Å². The lowest BCUT2D eigenvalue weighted by atomic mass is 9.84. The first-order valence-electron chi connectivity index (χ1n) is 4.31. The van der Waals surface area contributed by atoms with Gasteiger partial charge in [-0.25, -0.2) is 0 Å². The molecule has 0 N–H and O–H groups in total. The molecule has 0 saturated carbocycles. The van der Waals surface area contributed by atoms with E-state index in [2.05, 4.69) is 34.6 Å². The first kappa shape index (κ1) is 10.0. The van der Waals surface area contributed by atoms with Gasteiger partial charge >= 0.3 is 0 Å². The summed E-state index contributed by atoms with van der Waals surface area (Å²) in [5.74, 6) is 0.845. The van der Waals surface area contributed by atoms with Crippen LogP contribution in [0.2, 0.25) is 0 Å². The molecule has 0 fully saturated rings. The van der Waals surface area contributed by atoms with E-state index < -0.39 is 0 Å². The molecule has 0 aliphatic carbocycles. The lowest BCUT2D eigenvalue weighted by molar-refractivity contribution is 0.330. The second kappa shape index (κ2) is 4.00. The summed E-state index contributed by atoms with van der Waals surface area (Å²) in [5.41, 5.74) is 0.272. The van der Waals surface area contributed by atoms with Gasteiger partial charge in [0.1, 0.15) is 0 Å². The fourth-order valence-electron chi connectivity index (χ4n) is 1.54. The van der Waals surface area contributed by atoms with E-state index in [1.807, 2.05) is 0 Å². The molecule has 0 aromatic rings.